The number of aromatic nitrogens is 1. The summed E-state index contributed by atoms with van der Waals surface area (Å²) in [4.78, 5) is 15.9. The molecule has 24 heavy (non-hydrogen) atoms. The van der Waals surface area contributed by atoms with Gasteiger partial charge in [0.1, 0.15) is 0 Å². The molecule has 3 nitrogen and oxygen atoms in total. The fourth-order valence-corrected chi connectivity index (χ4v) is 3.36. The van der Waals surface area contributed by atoms with Gasteiger partial charge in [-0.2, -0.15) is 5.26 Å². The predicted octanol–water partition coefficient (Wildman–Crippen LogP) is 4.43. The molecule has 3 heteroatoms. The van der Waals surface area contributed by atoms with Crippen molar-refractivity contribution in [1.82, 2.24) is 4.98 Å². The summed E-state index contributed by atoms with van der Waals surface area (Å²) in [5.74, 6) is 0. The molecule has 0 aliphatic heterocycles. The summed E-state index contributed by atoms with van der Waals surface area (Å²) in [7, 11) is 0. The zero-order chi connectivity index (χ0) is 16.9. The predicted molar refractivity (Wildman–Crippen MR) is 96.0 cm³/mol. The molecule has 0 saturated heterocycles. The van der Waals surface area contributed by atoms with Crippen molar-refractivity contribution < 1.29 is 0 Å². The maximum Gasteiger partial charge on any atom is 0.191 e. The lowest BCUT2D eigenvalue weighted by Crippen LogP contribution is -2.06. The molecule has 0 bridgehead atoms. The van der Waals surface area contributed by atoms with E-state index in [1.807, 2.05) is 6.07 Å². The number of hydrogen-bond acceptors (Lipinski definition) is 2. The number of H-pyrrole nitrogens is 1. The van der Waals surface area contributed by atoms with Gasteiger partial charge in [-0.15, -0.1) is 0 Å². The minimum absolute atomic E-state index is 0.117. The van der Waals surface area contributed by atoms with E-state index in [9.17, 15) is 10.1 Å². The van der Waals surface area contributed by atoms with Crippen LogP contribution >= 0.6 is 0 Å². The standard InChI is InChI=1S/C21H18N2O/c1-13-10-15(21(2)8-9-21)6-7-16(13)18-11-19(24)20-14(12-22)4-3-5-17(20)23-18/h3-7,10-11H,8-9H2,1-2H3,(H,23,24). The third kappa shape index (κ3) is 2.23. The topological polar surface area (TPSA) is 56.6 Å². The van der Waals surface area contributed by atoms with Crippen molar-refractivity contribution in [3.63, 3.8) is 0 Å². The van der Waals surface area contributed by atoms with Crippen LogP contribution in [-0.2, 0) is 5.41 Å². The highest BCUT2D eigenvalue weighted by Gasteiger charge is 2.39. The zero-order valence-corrected chi connectivity index (χ0v) is 13.8. The van der Waals surface area contributed by atoms with Crippen LogP contribution in [0.4, 0.5) is 0 Å². The first-order chi connectivity index (χ1) is 11.5. The van der Waals surface area contributed by atoms with Gasteiger partial charge in [-0.05, 0) is 48.4 Å². The summed E-state index contributed by atoms with van der Waals surface area (Å²) in [5, 5.41) is 9.66. The highest BCUT2D eigenvalue weighted by molar-refractivity contribution is 5.86. The van der Waals surface area contributed by atoms with Crippen molar-refractivity contribution in [2.45, 2.75) is 32.1 Å². The number of fused-ring (bicyclic) bond motifs is 1. The van der Waals surface area contributed by atoms with Crippen molar-refractivity contribution in [2.24, 2.45) is 0 Å². The minimum Gasteiger partial charge on any atom is -0.354 e. The van der Waals surface area contributed by atoms with Gasteiger partial charge in [0.25, 0.3) is 0 Å². The smallest absolute Gasteiger partial charge is 0.191 e. The number of rotatable bonds is 2. The van der Waals surface area contributed by atoms with Gasteiger partial charge in [0.05, 0.1) is 22.5 Å². The summed E-state index contributed by atoms with van der Waals surface area (Å²) < 4.78 is 0. The minimum atomic E-state index is -0.117. The van der Waals surface area contributed by atoms with Crippen LogP contribution in [-0.4, -0.2) is 4.98 Å². The molecule has 1 fully saturated rings. The Bertz CT molecular complexity index is 1070. The number of nitrogens with one attached hydrogen (secondary N) is 1. The third-order valence-electron chi connectivity index (χ3n) is 5.19. The first-order valence-electron chi connectivity index (χ1n) is 8.19. The van der Waals surface area contributed by atoms with Crippen molar-refractivity contribution in [2.75, 3.05) is 0 Å². The van der Waals surface area contributed by atoms with Crippen molar-refractivity contribution in [1.29, 1.82) is 5.26 Å². The summed E-state index contributed by atoms with van der Waals surface area (Å²) in [6.07, 6.45) is 2.49. The molecule has 1 aromatic heterocycles. The largest absolute Gasteiger partial charge is 0.354 e. The molecule has 0 radical (unpaired) electrons. The van der Waals surface area contributed by atoms with Crippen LogP contribution in [0.25, 0.3) is 22.2 Å². The average molecular weight is 314 g/mol. The molecule has 0 atom stereocenters. The molecule has 1 saturated carbocycles. The van der Waals surface area contributed by atoms with Gasteiger partial charge in [-0.3, -0.25) is 4.79 Å². The van der Waals surface area contributed by atoms with E-state index < -0.39 is 0 Å². The molecule has 0 amide bonds. The molecule has 1 aliphatic rings. The van der Waals surface area contributed by atoms with E-state index in [0.717, 1.165) is 16.8 Å². The highest BCUT2D eigenvalue weighted by atomic mass is 16.1. The van der Waals surface area contributed by atoms with E-state index in [4.69, 9.17) is 0 Å². The number of nitriles is 1. The second-order valence-electron chi connectivity index (χ2n) is 6.98. The van der Waals surface area contributed by atoms with Gasteiger partial charge in [0.2, 0.25) is 0 Å². The van der Waals surface area contributed by atoms with Crippen LogP contribution in [0.5, 0.6) is 0 Å². The lowest BCUT2D eigenvalue weighted by molar-refractivity contribution is 0.787. The van der Waals surface area contributed by atoms with Crippen LogP contribution in [0, 0.1) is 18.3 Å². The van der Waals surface area contributed by atoms with Gasteiger partial charge in [-0.25, -0.2) is 0 Å². The Morgan fingerprint density at radius 3 is 2.62 bits per heavy atom. The molecule has 1 N–H and O–H groups in total. The highest BCUT2D eigenvalue weighted by Crippen LogP contribution is 2.48. The van der Waals surface area contributed by atoms with Crippen molar-refractivity contribution in [3.8, 4) is 17.3 Å². The van der Waals surface area contributed by atoms with Crippen molar-refractivity contribution >= 4 is 10.9 Å². The molecule has 4 rings (SSSR count). The Labute approximate surface area is 140 Å². The van der Waals surface area contributed by atoms with Crippen LogP contribution in [0.2, 0.25) is 0 Å². The van der Waals surface area contributed by atoms with Gasteiger partial charge in [0, 0.05) is 17.3 Å². The Morgan fingerprint density at radius 1 is 1.17 bits per heavy atom. The van der Waals surface area contributed by atoms with E-state index in [2.05, 4.69) is 43.1 Å². The van der Waals surface area contributed by atoms with Crippen LogP contribution in [0.1, 0.15) is 36.5 Å². The summed E-state index contributed by atoms with van der Waals surface area (Å²) >= 11 is 0. The van der Waals surface area contributed by atoms with Crippen LogP contribution in [0.15, 0.2) is 47.3 Å². The number of aromatic amines is 1. The Balaban J connectivity index is 1.89. The van der Waals surface area contributed by atoms with E-state index in [1.165, 1.54) is 18.4 Å². The third-order valence-corrected chi connectivity index (χ3v) is 5.19. The van der Waals surface area contributed by atoms with E-state index in [-0.39, 0.29) is 5.43 Å². The molecule has 1 heterocycles. The van der Waals surface area contributed by atoms with E-state index in [1.54, 1.807) is 18.2 Å². The second-order valence-corrected chi connectivity index (χ2v) is 6.98. The zero-order valence-electron chi connectivity index (χ0n) is 13.8. The monoisotopic (exact) mass is 314 g/mol. The Morgan fingerprint density at radius 2 is 1.96 bits per heavy atom. The molecule has 2 aromatic carbocycles. The lowest BCUT2D eigenvalue weighted by Gasteiger charge is -2.13. The van der Waals surface area contributed by atoms with Crippen LogP contribution < -0.4 is 5.43 Å². The molecular formula is C21H18N2O. The molecule has 0 spiro atoms. The summed E-state index contributed by atoms with van der Waals surface area (Å²) in [6, 6.07) is 15.5. The fraction of sp³-hybridized carbons (Fsp3) is 0.238. The molecular weight excluding hydrogens is 296 g/mol. The average Bonchev–Trinajstić information content (AvgIpc) is 3.33. The van der Waals surface area contributed by atoms with Gasteiger partial charge in [0.15, 0.2) is 5.43 Å². The number of aryl methyl sites for hydroxylation is 1. The fourth-order valence-electron chi connectivity index (χ4n) is 3.36. The van der Waals surface area contributed by atoms with Gasteiger partial charge >= 0.3 is 0 Å². The normalized spacial score (nSPS) is 15.2. The van der Waals surface area contributed by atoms with Gasteiger partial charge in [-0.1, -0.05) is 31.2 Å². The molecule has 118 valence electrons. The maximum atomic E-state index is 12.5. The Kier molecular flexibility index (Phi) is 3.11. The molecule has 0 unspecified atom stereocenters. The summed E-state index contributed by atoms with van der Waals surface area (Å²) in [5.41, 5.74) is 5.70. The summed E-state index contributed by atoms with van der Waals surface area (Å²) in [6.45, 7) is 4.38. The van der Waals surface area contributed by atoms with Crippen LogP contribution in [0.3, 0.4) is 0 Å². The van der Waals surface area contributed by atoms with E-state index >= 15 is 0 Å². The first-order valence-corrected chi connectivity index (χ1v) is 8.19. The maximum absolute atomic E-state index is 12.5. The Hall–Kier alpha value is -2.86. The second kappa shape index (κ2) is 5.07. The lowest BCUT2D eigenvalue weighted by atomic mass is 9.93. The molecule has 3 aromatic rings. The van der Waals surface area contributed by atoms with E-state index in [0.29, 0.717) is 21.9 Å². The number of nitrogens with zero attached hydrogens (tertiary/aromatic N) is 1. The van der Waals surface area contributed by atoms with Crippen molar-refractivity contribution in [3.05, 3.63) is 69.4 Å². The number of pyridine rings is 1. The number of benzene rings is 2. The quantitative estimate of drug-likeness (QED) is 0.761. The SMILES string of the molecule is Cc1cc(C2(C)CC2)ccc1-c1cc(=O)c2c(C#N)cccc2[nH]1. The molecule has 1 aliphatic carbocycles. The first kappa shape index (κ1) is 14.7. The number of hydrogen-bond donors (Lipinski definition) is 1. The van der Waals surface area contributed by atoms with Gasteiger partial charge < -0.3 is 4.98 Å².